The van der Waals surface area contributed by atoms with Crippen molar-refractivity contribution in [3.8, 4) is 0 Å². The number of methoxy groups -OCH3 is 1. The summed E-state index contributed by atoms with van der Waals surface area (Å²) in [4.78, 5) is 13.4. The van der Waals surface area contributed by atoms with Crippen molar-refractivity contribution in [3.63, 3.8) is 0 Å². The average Bonchev–Trinajstić information content (AvgIpc) is 2.13. The van der Waals surface area contributed by atoms with Crippen molar-refractivity contribution in [3.05, 3.63) is 0 Å². The number of ether oxygens (including phenoxy) is 1. The molecule has 1 heterocycles. The Morgan fingerprint density at radius 3 is 3.15 bits per heavy atom. The lowest BCUT2D eigenvalue weighted by Crippen LogP contribution is -2.53. The van der Waals surface area contributed by atoms with Crippen LogP contribution in [-0.4, -0.2) is 50.2 Å². The highest BCUT2D eigenvalue weighted by Crippen LogP contribution is 2.01. The van der Waals surface area contributed by atoms with Gasteiger partial charge in [-0.25, -0.2) is 0 Å². The van der Waals surface area contributed by atoms with E-state index in [9.17, 15) is 4.79 Å². The minimum Gasteiger partial charge on any atom is -0.385 e. The van der Waals surface area contributed by atoms with E-state index in [1.807, 2.05) is 11.8 Å². The first-order valence-electron chi connectivity index (χ1n) is 4.77. The number of nitrogens with one attached hydrogen (secondary N) is 1. The van der Waals surface area contributed by atoms with Gasteiger partial charge in [-0.15, -0.1) is 0 Å². The molecule has 1 atom stereocenters. The quantitative estimate of drug-likeness (QED) is 0.620. The maximum atomic E-state index is 11.5. The molecule has 1 fully saturated rings. The summed E-state index contributed by atoms with van der Waals surface area (Å²) in [6.07, 6.45) is 0.926. The molecule has 1 aliphatic heterocycles. The van der Waals surface area contributed by atoms with Gasteiger partial charge in [0.05, 0.1) is 6.04 Å². The normalized spacial score (nSPS) is 23.7. The van der Waals surface area contributed by atoms with Gasteiger partial charge in [0.25, 0.3) is 0 Å². The molecular weight excluding hydrogens is 168 g/mol. The Balaban J connectivity index is 2.27. The van der Waals surface area contributed by atoms with Gasteiger partial charge in [0.2, 0.25) is 5.91 Å². The van der Waals surface area contributed by atoms with Gasteiger partial charge in [0, 0.05) is 33.4 Å². The van der Waals surface area contributed by atoms with Gasteiger partial charge in [0.15, 0.2) is 0 Å². The molecular formula is C9H18N2O2. The van der Waals surface area contributed by atoms with Crippen LogP contribution in [0.3, 0.4) is 0 Å². The van der Waals surface area contributed by atoms with Crippen LogP contribution in [0.2, 0.25) is 0 Å². The van der Waals surface area contributed by atoms with E-state index in [1.54, 1.807) is 7.11 Å². The van der Waals surface area contributed by atoms with E-state index in [2.05, 4.69) is 5.32 Å². The zero-order chi connectivity index (χ0) is 9.68. The Bertz CT molecular complexity index is 173. The second-order valence-electron chi connectivity index (χ2n) is 3.35. The van der Waals surface area contributed by atoms with E-state index in [0.29, 0.717) is 0 Å². The lowest BCUT2D eigenvalue weighted by molar-refractivity contribution is -0.135. The van der Waals surface area contributed by atoms with Gasteiger partial charge in [-0.3, -0.25) is 4.79 Å². The maximum absolute atomic E-state index is 11.5. The van der Waals surface area contributed by atoms with E-state index in [1.165, 1.54) is 0 Å². The Kier molecular flexibility index (Phi) is 4.18. The summed E-state index contributed by atoms with van der Waals surface area (Å²) < 4.78 is 4.94. The molecule has 0 aliphatic carbocycles. The molecule has 1 N–H and O–H groups in total. The van der Waals surface area contributed by atoms with Crippen LogP contribution >= 0.6 is 0 Å². The van der Waals surface area contributed by atoms with Gasteiger partial charge < -0.3 is 15.0 Å². The molecule has 1 aliphatic rings. The Hall–Kier alpha value is -0.610. The van der Waals surface area contributed by atoms with Crippen molar-refractivity contribution in [1.82, 2.24) is 10.2 Å². The van der Waals surface area contributed by atoms with E-state index < -0.39 is 0 Å². The highest BCUT2D eigenvalue weighted by atomic mass is 16.5. The molecule has 0 spiro atoms. The molecule has 4 heteroatoms. The third kappa shape index (κ3) is 2.97. The van der Waals surface area contributed by atoms with Gasteiger partial charge >= 0.3 is 0 Å². The summed E-state index contributed by atoms with van der Waals surface area (Å²) in [5.41, 5.74) is 0. The number of carbonyl (C=O) groups excluding carboxylic acids is 1. The van der Waals surface area contributed by atoms with Crippen molar-refractivity contribution >= 4 is 5.91 Å². The number of rotatable bonds is 4. The zero-order valence-electron chi connectivity index (χ0n) is 8.38. The van der Waals surface area contributed by atoms with Crippen molar-refractivity contribution in [2.45, 2.75) is 19.4 Å². The van der Waals surface area contributed by atoms with Crippen molar-refractivity contribution in [1.29, 1.82) is 0 Å². The van der Waals surface area contributed by atoms with Gasteiger partial charge in [-0.05, 0) is 13.3 Å². The fourth-order valence-corrected chi connectivity index (χ4v) is 1.51. The molecule has 0 radical (unpaired) electrons. The van der Waals surface area contributed by atoms with Crippen LogP contribution in [0, 0.1) is 0 Å². The molecule has 1 amide bonds. The molecule has 0 aromatic heterocycles. The summed E-state index contributed by atoms with van der Waals surface area (Å²) >= 11 is 0. The van der Waals surface area contributed by atoms with Crippen LogP contribution in [-0.2, 0) is 9.53 Å². The van der Waals surface area contributed by atoms with Crippen LogP contribution in [0.4, 0.5) is 0 Å². The van der Waals surface area contributed by atoms with Gasteiger partial charge in [-0.2, -0.15) is 0 Å². The third-order valence-corrected chi connectivity index (χ3v) is 2.29. The van der Waals surface area contributed by atoms with Crippen LogP contribution in [0.25, 0.3) is 0 Å². The molecule has 1 unspecified atom stereocenters. The van der Waals surface area contributed by atoms with E-state index >= 15 is 0 Å². The number of piperazine rings is 1. The van der Waals surface area contributed by atoms with Crippen molar-refractivity contribution in [2.75, 3.05) is 33.4 Å². The predicted octanol–water partition coefficient (Wildman–Crippen LogP) is -0.157. The van der Waals surface area contributed by atoms with Crippen molar-refractivity contribution in [2.24, 2.45) is 0 Å². The molecule has 4 nitrogen and oxygen atoms in total. The molecule has 1 rings (SSSR count). The van der Waals surface area contributed by atoms with Crippen LogP contribution in [0.15, 0.2) is 0 Å². The summed E-state index contributed by atoms with van der Waals surface area (Å²) in [6, 6.07) is -0.0173. The summed E-state index contributed by atoms with van der Waals surface area (Å²) in [5, 5.41) is 3.13. The molecule has 0 aromatic rings. The number of amides is 1. The summed E-state index contributed by atoms with van der Waals surface area (Å²) in [6.45, 7) is 5.18. The van der Waals surface area contributed by atoms with E-state index in [4.69, 9.17) is 4.74 Å². The zero-order valence-corrected chi connectivity index (χ0v) is 8.38. The van der Waals surface area contributed by atoms with Crippen LogP contribution in [0.5, 0.6) is 0 Å². The summed E-state index contributed by atoms with van der Waals surface area (Å²) in [5.74, 6) is 0.211. The molecule has 1 saturated heterocycles. The first-order chi connectivity index (χ1) is 6.25. The SMILES string of the molecule is COCCCN1CCNC(C)C1=O. The standard InChI is InChI=1S/C9H18N2O2/c1-8-9(12)11(6-4-10-8)5-3-7-13-2/h8,10H,3-7H2,1-2H3. The second kappa shape index (κ2) is 5.19. The lowest BCUT2D eigenvalue weighted by atomic mass is 10.2. The number of nitrogens with zero attached hydrogens (tertiary/aromatic N) is 1. The Morgan fingerprint density at radius 1 is 1.69 bits per heavy atom. The van der Waals surface area contributed by atoms with Gasteiger partial charge in [-0.1, -0.05) is 0 Å². The Morgan fingerprint density at radius 2 is 2.46 bits per heavy atom. The monoisotopic (exact) mass is 186 g/mol. The molecule has 13 heavy (non-hydrogen) atoms. The summed E-state index contributed by atoms with van der Waals surface area (Å²) in [7, 11) is 1.68. The first kappa shape index (κ1) is 10.5. The number of hydrogen-bond donors (Lipinski definition) is 1. The third-order valence-electron chi connectivity index (χ3n) is 2.29. The van der Waals surface area contributed by atoms with Crippen LogP contribution < -0.4 is 5.32 Å². The highest BCUT2D eigenvalue weighted by Gasteiger charge is 2.23. The molecule has 0 bridgehead atoms. The van der Waals surface area contributed by atoms with Crippen molar-refractivity contribution < 1.29 is 9.53 Å². The van der Waals surface area contributed by atoms with E-state index in [0.717, 1.165) is 32.7 Å². The smallest absolute Gasteiger partial charge is 0.239 e. The Labute approximate surface area is 79.2 Å². The topological polar surface area (TPSA) is 41.6 Å². The fraction of sp³-hybridized carbons (Fsp3) is 0.889. The minimum atomic E-state index is -0.0173. The molecule has 0 aromatic carbocycles. The predicted molar refractivity (Wildman–Crippen MR) is 50.5 cm³/mol. The number of carbonyl (C=O) groups is 1. The first-order valence-corrected chi connectivity index (χ1v) is 4.77. The fourth-order valence-electron chi connectivity index (χ4n) is 1.51. The van der Waals surface area contributed by atoms with Gasteiger partial charge in [0.1, 0.15) is 0 Å². The largest absolute Gasteiger partial charge is 0.385 e. The average molecular weight is 186 g/mol. The molecule has 76 valence electrons. The lowest BCUT2D eigenvalue weighted by Gasteiger charge is -2.31. The number of hydrogen-bond acceptors (Lipinski definition) is 3. The van der Waals surface area contributed by atoms with Crippen LogP contribution in [0.1, 0.15) is 13.3 Å². The highest BCUT2D eigenvalue weighted by molar-refractivity contribution is 5.82. The second-order valence-corrected chi connectivity index (χ2v) is 3.35. The maximum Gasteiger partial charge on any atom is 0.239 e. The molecule has 0 saturated carbocycles. The minimum absolute atomic E-state index is 0.0173. The van der Waals surface area contributed by atoms with E-state index in [-0.39, 0.29) is 11.9 Å².